The van der Waals surface area contributed by atoms with E-state index in [1.54, 1.807) is 45.2 Å². The minimum Gasteiger partial charge on any atom is -0.381 e. The van der Waals surface area contributed by atoms with Crippen molar-refractivity contribution in [2.45, 2.75) is 74.3 Å². The number of benzene rings is 1. The molecule has 1 amide bonds. The molecule has 0 N–H and O–H groups in total. The minimum atomic E-state index is -3.27. The fourth-order valence-electron chi connectivity index (χ4n) is 4.06. The van der Waals surface area contributed by atoms with Crippen LogP contribution in [0.5, 0.6) is 0 Å². The molecule has 2 saturated heterocycles. The predicted octanol–water partition coefficient (Wildman–Crippen LogP) is 2.58. The Balaban J connectivity index is 1.68. The molecule has 6 heteroatoms. The van der Waals surface area contributed by atoms with Crippen LogP contribution in [0, 0.1) is 0 Å². The molecule has 1 aromatic carbocycles. The first-order valence-corrected chi connectivity index (χ1v) is 10.5. The molecule has 0 aliphatic carbocycles. The zero-order valence-corrected chi connectivity index (χ0v) is 16.0. The van der Waals surface area contributed by atoms with E-state index in [1.165, 1.54) is 0 Å². The number of methoxy groups -OCH3 is 1. The summed E-state index contributed by atoms with van der Waals surface area (Å²) in [5.74, 6) is 0.140. The standard InChI is InChI=1S/C19H27NO4S/c1-13(2)25(22,23)18-8-4-14(5-9-18)10-19(21)20-15-6-7-16(20)12-17(11-15)24-3/h4-5,8-9,13,15-17H,6-7,10-12H2,1-3H3. The van der Waals surface area contributed by atoms with Crippen molar-refractivity contribution in [3.63, 3.8) is 0 Å². The van der Waals surface area contributed by atoms with Gasteiger partial charge in [-0.1, -0.05) is 12.1 Å². The largest absolute Gasteiger partial charge is 0.381 e. The number of sulfone groups is 1. The molecule has 5 nitrogen and oxygen atoms in total. The van der Waals surface area contributed by atoms with E-state index >= 15 is 0 Å². The van der Waals surface area contributed by atoms with Crippen molar-refractivity contribution in [1.29, 1.82) is 0 Å². The molecule has 2 bridgehead atoms. The lowest BCUT2D eigenvalue weighted by Gasteiger charge is -2.38. The van der Waals surface area contributed by atoms with Gasteiger partial charge in [0.1, 0.15) is 0 Å². The van der Waals surface area contributed by atoms with Gasteiger partial charge in [-0.2, -0.15) is 0 Å². The van der Waals surface area contributed by atoms with E-state index in [-0.39, 0.29) is 24.1 Å². The van der Waals surface area contributed by atoms with Crippen molar-refractivity contribution in [3.05, 3.63) is 29.8 Å². The van der Waals surface area contributed by atoms with Crippen molar-refractivity contribution in [3.8, 4) is 0 Å². The number of hydrogen-bond donors (Lipinski definition) is 0. The molecule has 1 aromatic rings. The number of hydrogen-bond acceptors (Lipinski definition) is 4. The zero-order chi connectivity index (χ0) is 18.2. The Morgan fingerprint density at radius 1 is 1.16 bits per heavy atom. The molecule has 2 aliphatic heterocycles. The summed E-state index contributed by atoms with van der Waals surface area (Å²) in [5, 5.41) is -0.447. The SMILES string of the molecule is COC1CC2CCC(C1)N2C(=O)Cc1ccc(S(=O)(=O)C(C)C)cc1. The predicted molar refractivity (Wildman–Crippen MR) is 96.2 cm³/mol. The highest BCUT2D eigenvalue weighted by Crippen LogP contribution is 2.37. The molecule has 2 unspecified atom stereocenters. The Bertz CT molecular complexity index is 712. The number of ether oxygens (including phenoxy) is 1. The summed E-state index contributed by atoms with van der Waals surface area (Å²) in [6, 6.07) is 7.33. The van der Waals surface area contributed by atoms with Crippen LogP contribution < -0.4 is 0 Å². The highest BCUT2D eigenvalue weighted by atomic mass is 32.2. The fraction of sp³-hybridized carbons (Fsp3) is 0.632. The normalized spacial score (nSPS) is 26.2. The number of piperidine rings is 1. The molecule has 2 atom stereocenters. The highest BCUT2D eigenvalue weighted by Gasteiger charge is 2.43. The molecule has 3 rings (SSSR count). The van der Waals surface area contributed by atoms with Crippen LogP contribution in [0.3, 0.4) is 0 Å². The van der Waals surface area contributed by atoms with Crippen LogP contribution in [-0.2, 0) is 25.8 Å². The van der Waals surface area contributed by atoms with Crippen molar-refractivity contribution < 1.29 is 17.9 Å². The van der Waals surface area contributed by atoms with Gasteiger partial charge in [0.2, 0.25) is 5.91 Å². The van der Waals surface area contributed by atoms with Crippen LogP contribution in [0.1, 0.15) is 45.1 Å². The molecule has 0 aromatic heterocycles. The Morgan fingerprint density at radius 2 is 1.72 bits per heavy atom. The van der Waals surface area contributed by atoms with Crippen molar-refractivity contribution >= 4 is 15.7 Å². The van der Waals surface area contributed by atoms with E-state index in [4.69, 9.17) is 4.74 Å². The third kappa shape index (κ3) is 3.60. The number of rotatable bonds is 5. The summed E-state index contributed by atoms with van der Waals surface area (Å²) in [4.78, 5) is 15.1. The van der Waals surface area contributed by atoms with Gasteiger partial charge in [-0.15, -0.1) is 0 Å². The first-order chi connectivity index (χ1) is 11.8. The quantitative estimate of drug-likeness (QED) is 0.804. The number of amides is 1. The lowest BCUT2D eigenvalue weighted by molar-refractivity contribution is -0.137. The van der Waals surface area contributed by atoms with Gasteiger partial charge in [0.25, 0.3) is 0 Å². The van der Waals surface area contributed by atoms with E-state index in [2.05, 4.69) is 0 Å². The summed E-state index contributed by atoms with van der Waals surface area (Å²) in [6.07, 6.45) is 4.55. The Morgan fingerprint density at radius 3 is 2.20 bits per heavy atom. The smallest absolute Gasteiger partial charge is 0.227 e. The average molecular weight is 365 g/mol. The molecular weight excluding hydrogens is 338 g/mol. The molecule has 2 fully saturated rings. The number of carbonyl (C=O) groups excluding carboxylic acids is 1. The molecule has 25 heavy (non-hydrogen) atoms. The van der Waals surface area contributed by atoms with Crippen LogP contribution in [0.2, 0.25) is 0 Å². The topological polar surface area (TPSA) is 63.7 Å². The van der Waals surface area contributed by atoms with Gasteiger partial charge in [0, 0.05) is 19.2 Å². The van der Waals surface area contributed by atoms with Crippen molar-refractivity contribution in [1.82, 2.24) is 4.90 Å². The average Bonchev–Trinajstić information content (AvgIpc) is 2.85. The van der Waals surface area contributed by atoms with Crippen LogP contribution >= 0.6 is 0 Å². The zero-order valence-electron chi connectivity index (χ0n) is 15.1. The molecule has 0 saturated carbocycles. The van der Waals surface area contributed by atoms with Crippen LogP contribution in [0.4, 0.5) is 0 Å². The molecular formula is C19H27NO4S. The Hall–Kier alpha value is -1.40. The summed E-state index contributed by atoms with van der Waals surface area (Å²) in [6.45, 7) is 3.35. The van der Waals surface area contributed by atoms with Gasteiger partial charge in [0.05, 0.1) is 22.7 Å². The monoisotopic (exact) mass is 365 g/mol. The van der Waals surface area contributed by atoms with E-state index in [0.29, 0.717) is 11.3 Å². The molecule has 2 heterocycles. The molecule has 2 aliphatic rings. The third-order valence-electron chi connectivity index (χ3n) is 5.54. The van der Waals surface area contributed by atoms with Gasteiger partial charge >= 0.3 is 0 Å². The van der Waals surface area contributed by atoms with Gasteiger partial charge in [0.15, 0.2) is 9.84 Å². The van der Waals surface area contributed by atoms with E-state index in [1.807, 2.05) is 4.90 Å². The first-order valence-electron chi connectivity index (χ1n) is 8.99. The summed E-state index contributed by atoms with van der Waals surface area (Å²) in [7, 11) is -1.52. The lowest BCUT2D eigenvalue weighted by Crippen LogP contribution is -2.48. The fourth-order valence-corrected chi connectivity index (χ4v) is 5.12. The summed E-state index contributed by atoms with van der Waals surface area (Å²) >= 11 is 0. The summed E-state index contributed by atoms with van der Waals surface area (Å²) in [5.41, 5.74) is 0.862. The third-order valence-corrected chi connectivity index (χ3v) is 7.71. The van der Waals surface area contributed by atoms with Gasteiger partial charge in [-0.25, -0.2) is 8.42 Å². The first kappa shape index (κ1) is 18.4. The molecule has 0 radical (unpaired) electrons. The second-order valence-electron chi connectivity index (χ2n) is 7.43. The number of fused-ring (bicyclic) bond motifs is 2. The van der Waals surface area contributed by atoms with Crippen molar-refractivity contribution in [2.75, 3.05) is 7.11 Å². The van der Waals surface area contributed by atoms with Gasteiger partial charge < -0.3 is 9.64 Å². The van der Waals surface area contributed by atoms with E-state index < -0.39 is 15.1 Å². The van der Waals surface area contributed by atoms with E-state index in [0.717, 1.165) is 31.2 Å². The van der Waals surface area contributed by atoms with Crippen LogP contribution in [-0.4, -0.2) is 49.8 Å². The second kappa shape index (κ2) is 7.08. The lowest BCUT2D eigenvalue weighted by atomic mass is 9.98. The maximum atomic E-state index is 12.8. The second-order valence-corrected chi connectivity index (χ2v) is 9.93. The Kier molecular flexibility index (Phi) is 5.21. The van der Waals surface area contributed by atoms with Crippen LogP contribution in [0.15, 0.2) is 29.2 Å². The van der Waals surface area contributed by atoms with Gasteiger partial charge in [-0.3, -0.25) is 4.79 Å². The summed E-state index contributed by atoms with van der Waals surface area (Å²) < 4.78 is 29.8. The van der Waals surface area contributed by atoms with Crippen LogP contribution in [0.25, 0.3) is 0 Å². The number of carbonyl (C=O) groups is 1. The number of nitrogens with zero attached hydrogens (tertiary/aromatic N) is 1. The molecule has 0 spiro atoms. The highest BCUT2D eigenvalue weighted by molar-refractivity contribution is 7.92. The van der Waals surface area contributed by atoms with Crippen molar-refractivity contribution in [2.24, 2.45) is 0 Å². The van der Waals surface area contributed by atoms with E-state index in [9.17, 15) is 13.2 Å². The maximum Gasteiger partial charge on any atom is 0.227 e. The molecule has 138 valence electrons. The minimum absolute atomic E-state index is 0.140. The Labute approximate surface area is 150 Å². The maximum absolute atomic E-state index is 12.8. The van der Waals surface area contributed by atoms with Gasteiger partial charge in [-0.05, 0) is 57.2 Å².